The summed E-state index contributed by atoms with van der Waals surface area (Å²) in [7, 11) is 0. The average Bonchev–Trinajstić information content (AvgIpc) is 2.24. The number of thioether (sulfide) groups is 1. The van der Waals surface area contributed by atoms with Gasteiger partial charge in [-0.25, -0.2) is 0 Å². The predicted octanol–water partition coefficient (Wildman–Crippen LogP) is 2.62. The molecule has 0 aliphatic heterocycles. The van der Waals surface area contributed by atoms with E-state index in [-0.39, 0.29) is 0 Å². The van der Waals surface area contributed by atoms with Gasteiger partial charge in [-0.05, 0) is 31.7 Å². The van der Waals surface area contributed by atoms with E-state index in [0.29, 0.717) is 6.04 Å². The lowest BCUT2D eigenvalue weighted by Gasteiger charge is -2.15. The second-order valence-electron chi connectivity index (χ2n) is 3.71. The molecule has 0 fully saturated rings. The Labute approximate surface area is 96.9 Å². The highest BCUT2D eigenvalue weighted by Crippen LogP contribution is 2.03. The van der Waals surface area contributed by atoms with Crippen molar-refractivity contribution in [1.29, 1.82) is 0 Å². The normalized spacial score (nSPS) is 12.7. The highest BCUT2D eigenvalue weighted by atomic mass is 32.2. The van der Waals surface area contributed by atoms with Crippen LogP contribution >= 0.6 is 11.8 Å². The van der Waals surface area contributed by atoms with Gasteiger partial charge in [-0.2, -0.15) is 11.8 Å². The minimum atomic E-state index is 0.599. The van der Waals surface area contributed by atoms with Crippen molar-refractivity contribution in [1.82, 2.24) is 10.3 Å². The van der Waals surface area contributed by atoms with E-state index in [2.05, 4.69) is 35.6 Å². The minimum absolute atomic E-state index is 0.599. The Hall–Kier alpha value is -0.540. The van der Waals surface area contributed by atoms with Crippen molar-refractivity contribution < 1.29 is 0 Å². The summed E-state index contributed by atoms with van der Waals surface area (Å²) in [5, 5.41) is 3.53. The van der Waals surface area contributed by atoms with Crippen LogP contribution in [0.3, 0.4) is 0 Å². The first-order chi connectivity index (χ1) is 7.26. The van der Waals surface area contributed by atoms with E-state index in [1.54, 1.807) is 0 Å². The third-order valence-corrected chi connectivity index (χ3v) is 3.11. The molecule has 0 radical (unpaired) electrons. The highest BCUT2D eigenvalue weighted by Gasteiger charge is 2.04. The molecule has 1 aromatic heterocycles. The molecular formula is C12H20N2S. The van der Waals surface area contributed by atoms with Gasteiger partial charge in [0.2, 0.25) is 0 Å². The number of hydrogen-bond donors (Lipinski definition) is 1. The van der Waals surface area contributed by atoms with E-state index in [1.807, 2.05) is 24.8 Å². The molecule has 0 saturated carbocycles. The Kier molecular flexibility index (Phi) is 5.73. The fraction of sp³-hybridized carbons (Fsp3) is 0.583. The van der Waals surface area contributed by atoms with Crippen molar-refractivity contribution in [2.24, 2.45) is 0 Å². The second kappa shape index (κ2) is 6.85. The summed E-state index contributed by atoms with van der Waals surface area (Å²) in [5.41, 5.74) is 2.22. The Morgan fingerprint density at radius 1 is 1.47 bits per heavy atom. The molecular weight excluding hydrogens is 204 g/mol. The van der Waals surface area contributed by atoms with Gasteiger partial charge in [-0.15, -0.1) is 0 Å². The van der Waals surface area contributed by atoms with Crippen LogP contribution in [0.4, 0.5) is 0 Å². The zero-order chi connectivity index (χ0) is 11.1. The molecule has 0 spiro atoms. The molecule has 84 valence electrons. The topological polar surface area (TPSA) is 24.9 Å². The van der Waals surface area contributed by atoms with Crippen LogP contribution in [0, 0.1) is 6.92 Å². The third kappa shape index (κ3) is 4.67. The molecule has 0 saturated heterocycles. The predicted molar refractivity (Wildman–Crippen MR) is 68.3 cm³/mol. The summed E-state index contributed by atoms with van der Waals surface area (Å²) in [6.45, 7) is 5.13. The van der Waals surface area contributed by atoms with Gasteiger partial charge in [-0.1, -0.05) is 13.0 Å². The zero-order valence-electron chi connectivity index (χ0n) is 9.79. The molecule has 0 amide bonds. The Balaban J connectivity index is 2.41. The van der Waals surface area contributed by atoms with Gasteiger partial charge in [0, 0.05) is 24.0 Å². The maximum absolute atomic E-state index is 4.47. The van der Waals surface area contributed by atoms with Crippen LogP contribution in [-0.4, -0.2) is 23.0 Å². The van der Waals surface area contributed by atoms with E-state index in [0.717, 1.165) is 17.9 Å². The molecule has 3 heteroatoms. The largest absolute Gasteiger partial charge is 0.308 e. The molecule has 1 N–H and O–H groups in total. The van der Waals surface area contributed by atoms with Crippen molar-refractivity contribution in [3.8, 4) is 0 Å². The van der Waals surface area contributed by atoms with E-state index in [4.69, 9.17) is 0 Å². The molecule has 1 rings (SSSR count). The van der Waals surface area contributed by atoms with Crippen molar-refractivity contribution >= 4 is 11.8 Å². The van der Waals surface area contributed by atoms with Gasteiger partial charge >= 0.3 is 0 Å². The first-order valence-electron chi connectivity index (χ1n) is 5.41. The maximum atomic E-state index is 4.47. The van der Waals surface area contributed by atoms with Gasteiger partial charge < -0.3 is 5.32 Å². The summed E-state index contributed by atoms with van der Waals surface area (Å²) < 4.78 is 0. The standard InChI is InChI=1S/C12H20N2S/c1-4-11(9-15-3)13-8-12-7-5-6-10(2)14-12/h5-7,11,13H,4,8-9H2,1-3H3. The molecule has 2 nitrogen and oxygen atoms in total. The monoisotopic (exact) mass is 224 g/mol. The lowest BCUT2D eigenvalue weighted by Crippen LogP contribution is -2.30. The summed E-state index contributed by atoms with van der Waals surface area (Å²) >= 11 is 1.89. The Bertz CT molecular complexity index is 289. The first-order valence-corrected chi connectivity index (χ1v) is 6.80. The van der Waals surface area contributed by atoms with E-state index < -0.39 is 0 Å². The van der Waals surface area contributed by atoms with Crippen molar-refractivity contribution in [2.75, 3.05) is 12.0 Å². The molecule has 0 aromatic carbocycles. The SMILES string of the molecule is CCC(CSC)NCc1cccc(C)n1. The number of nitrogens with zero attached hydrogens (tertiary/aromatic N) is 1. The van der Waals surface area contributed by atoms with Crippen molar-refractivity contribution in [2.45, 2.75) is 32.9 Å². The van der Waals surface area contributed by atoms with Crippen LogP contribution in [0.2, 0.25) is 0 Å². The van der Waals surface area contributed by atoms with Gasteiger partial charge in [-0.3, -0.25) is 4.98 Å². The van der Waals surface area contributed by atoms with Crippen LogP contribution in [0.25, 0.3) is 0 Å². The van der Waals surface area contributed by atoms with Crippen molar-refractivity contribution in [3.05, 3.63) is 29.6 Å². The van der Waals surface area contributed by atoms with Crippen LogP contribution in [0.1, 0.15) is 24.7 Å². The molecule has 1 unspecified atom stereocenters. The van der Waals surface area contributed by atoms with Gasteiger partial charge in [0.15, 0.2) is 0 Å². The number of nitrogens with one attached hydrogen (secondary N) is 1. The molecule has 0 aliphatic rings. The van der Waals surface area contributed by atoms with Crippen LogP contribution < -0.4 is 5.32 Å². The molecule has 1 aromatic rings. The molecule has 15 heavy (non-hydrogen) atoms. The summed E-state index contributed by atoms with van der Waals surface area (Å²) in [5.74, 6) is 1.17. The molecule has 0 aliphatic carbocycles. The quantitative estimate of drug-likeness (QED) is 0.804. The maximum Gasteiger partial charge on any atom is 0.0544 e. The van der Waals surface area contributed by atoms with E-state index >= 15 is 0 Å². The van der Waals surface area contributed by atoms with Gasteiger partial charge in [0.25, 0.3) is 0 Å². The van der Waals surface area contributed by atoms with E-state index in [1.165, 1.54) is 12.2 Å². The highest BCUT2D eigenvalue weighted by molar-refractivity contribution is 7.98. The van der Waals surface area contributed by atoms with E-state index in [9.17, 15) is 0 Å². The molecule has 0 bridgehead atoms. The Morgan fingerprint density at radius 3 is 2.87 bits per heavy atom. The Morgan fingerprint density at radius 2 is 2.27 bits per heavy atom. The van der Waals surface area contributed by atoms with Crippen LogP contribution in [0.15, 0.2) is 18.2 Å². The number of aromatic nitrogens is 1. The third-order valence-electron chi connectivity index (χ3n) is 2.38. The summed E-state index contributed by atoms with van der Waals surface area (Å²) in [4.78, 5) is 4.47. The molecule has 1 atom stereocenters. The number of aryl methyl sites for hydroxylation is 1. The number of hydrogen-bond acceptors (Lipinski definition) is 3. The average molecular weight is 224 g/mol. The minimum Gasteiger partial charge on any atom is -0.308 e. The summed E-state index contributed by atoms with van der Waals surface area (Å²) in [6, 6.07) is 6.77. The fourth-order valence-electron chi connectivity index (χ4n) is 1.47. The molecule has 1 heterocycles. The number of pyridine rings is 1. The van der Waals surface area contributed by atoms with Crippen LogP contribution in [-0.2, 0) is 6.54 Å². The lowest BCUT2D eigenvalue weighted by atomic mass is 10.2. The summed E-state index contributed by atoms with van der Waals surface area (Å²) in [6.07, 6.45) is 3.32. The van der Waals surface area contributed by atoms with Gasteiger partial charge in [0.05, 0.1) is 5.69 Å². The lowest BCUT2D eigenvalue weighted by molar-refractivity contribution is 0.535. The second-order valence-corrected chi connectivity index (χ2v) is 4.62. The zero-order valence-corrected chi connectivity index (χ0v) is 10.6. The first kappa shape index (κ1) is 12.5. The number of rotatable bonds is 6. The van der Waals surface area contributed by atoms with Crippen molar-refractivity contribution in [3.63, 3.8) is 0 Å². The van der Waals surface area contributed by atoms with Crippen LogP contribution in [0.5, 0.6) is 0 Å². The van der Waals surface area contributed by atoms with Gasteiger partial charge in [0.1, 0.15) is 0 Å². The fourth-order valence-corrected chi connectivity index (χ4v) is 2.23. The smallest absolute Gasteiger partial charge is 0.0544 e.